The molecule has 0 saturated carbocycles. The molecule has 0 aliphatic rings. The molecule has 18 heavy (non-hydrogen) atoms. The first-order valence-electron chi connectivity index (χ1n) is 5.59. The fourth-order valence-corrected chi connectivity index (χ4v) is 1.67. The molecule has 0 fully saturated rings. The monoisotopic (exact) mass is 258 g/mol. The number of hydrogen-bond donors (Lipinski definition) is 1. The van der Waals surface area contributed by atoms with Crippen LogP contribution in [0.15, 0.2) is 24.3 Å². The molecule has 0 radical (unpaired) electrons. The van der Waals surface area contributed by atoms with Crippen molar-refractivity contribution >= 4 is 5.97 Å². The number of carbonyl (C=O) groups is 1. The van der Waals surface area contributed by atoms with E-state index in [4.69, 9.17) is 0 Å². The van der Waals surface area contributed by atoms with Crippen LogP contribution in [-0.2, 0) is 9.53 Å². The number of aliphatic hydroxyl groups excluding tert-OH is 1. The normalized spacial score (nSPS) is 14.3. The molecule has 1 rings (SSSR count). The number of alkyl halides is 2. The van der Waals surface area contributed by atoms with Gasteiger partial charge in [0.25, 0.3) is 6.43 Å². The second-order valence-corrected chi connectivity index (χ2v) is 4.15. The predicted octanol–water partition coefficient (Wildman–Crippen LogP) is 2.86. The number of carbonyl (C=O) groups excluding carboxylic acids is 1. The van der Waals surface area contributed by atoms with Crippen molar-refractivity contribution in [2.24, 2.45) is 5.92 Å². The van der Waals surface area contributed by atoms with Crippen molar-refractivity contribution in [3.05, 3.63) is 35.4 Å². The van der Waals surface area contributed by atoms with Crippen LogP contribution < -0.4 is 0 Å². The molecular formula is C13H16F2O3. The van der Waals surface area contributed by atoms with Gasteiger partial charge in [0.1, 0.15) is 0 Å². The van der Waals surface area contributed by atoms with Crippen molar-refractivity contribution < 1.29 is 23.4 Å². The maximum atomic E-state index is 12.5. The van der Waals surface area contributed by atoms with E-state index in [1.165, 1.54) is 25.3 Å². The fraction of sp³-hybridized carbons (Fsp3) is 0.462. The topological polar surface area (TPSA) is 46.5 Å². The molecule has 2 atom stereocenters. The number of halogens is 2. The average Bonchev–Trinajstić information content (AvgIpc) is 2.37. The molecule has 0 bridgehead atoms. The Labute approximate surface area is 104 Å². The highest BCUT2D eigenvalue weighted by Crippen LogP contribution is 2.26. The van der Waals surface area contributed by atoms with Crippen molar-refractivity contribution in [3.8, 4) is 0 Å². The summed E-state index contributed by atoms with van der Waals surface area (Å²) < 4.78 is 29.5. The van der Waals surface area contributed by atoms with Crippen LogP contribution in [0, 0.1) is 5.92 Å². The number of benzene rings is 1. The minimum absolute atomic E-state index is 0.138. The van der Waals surface area contributed by atoms with Gasteiger partial charge in [-0.2, -0.15) is 0 Å². The lowest BCUT2D eigenvalue weighted by Gasteiger charge is -2.15. The molecule has 0 aliphatic heterocycles. The quantitative estimate of drug-likeness (QED) is 0.826. The van der Waals surface area contributed by atoms with Crippen LogP contribution in [0.1, 0.15) is 37.0 Å². The standard InChI is InChI=1S/C13H16F2O3/c1-8(13(17)18-2)6-11(16)9-4-3-5-10(7-9)12(14)15/h3-5,7-8,11-12,16H,6H2,1-2H3. The van der Waals surface area contributed by atoms with Crippen molar-refractivity contribution in [2.45, 2.75) is 25.9 Å². The zero-order valence-corrected chi connectivity index (χ0v) is 10.3. The first-order valence-corrected chi connectivity index (χ1v) is 5.59. The summed E-state index contributed by atoms with van der Waals surface area (Å²) in [6.45, 7) is 1.62. The van der Waals surface area contributed by atoms with E-state index in [-0.39, 0.29) is 12.0 Å². The van der Waals surface area contributed by atoms with Gasteiger partial charge < -0.3 is 9.84 Å². The first-order chi connectivity index (χ1) is 8.45. The molecule has 5 heteroatoms. The largest absolute Gasteiger partial charge is 0.469 e. The smallest absolute Gasteiger partial charge is 0.308 e. The molecular weight excluding hydrogens is 242 g/mol. The molecule has 0 aliphatic carbocycles. The zero-order valence-electron chi connectivity index (χ0n) is 10.3. The Bertz CT molecular complexity index is 407. The van der Waals surface area contributed by atoms with E-state index in [1.807, 2.05) is 0 Å². The molecule has 1 aromatic carbocycles. The highest BCUT2D eigenvalue weighted by atomic mass is 19.3. The van der Waals surface area contributed by atoms with Gasteiger partial charge in [0, 0.05) is 5.56 Å². The minimum Gasteiger partial charge on any atom is -0.469 e. The second-order valence-electron chi connectivity index (χ2n) is 4.15. The van der Waals surface area contributed by atoms with Gasteiger partial charge in [-0.25, -0.2) is 8.78 Å². The summed E-state index contributed by atoms with van der Waals surface area (Å²) in [5.41, 5.74) is 0.237. The van der Waals surface area contributed by atoms with Crippen LogP contribution in [0.3, 0.4) is 0 Å². The van der Waals surface area contributed by atoms with Crippen molar-refractivity contribution in [1.29, 1.82) is 0 Å². The molecule has 1 aromatic rings. The molecule has 0 amide bonds. The number of aliphatic hydroxyl groups is 1. The van der Waals surface area contributed by atoms with Gasteiger partial charge in [-0.1, -0.05) is 25.1 Å². The maximum absolute atomic E-state index is 12.5. The van der Waals surface area contributed by atoms with E-state index >= 15 is 0 Å². The third kappa shape index (κ3) is 3.77. The van der Waals surface area contributed by atoms with E-state index in [9.17, 15) is 18.7 Å². The molecule has 1 N–H and O–H groups in total. The maximum Gasteiger partial charge on any atom is 0.308 e. The third-order valence-electron chi connectivity index (χ3n) is 2.73. The Morgan fingerprint density at radius 2 is 2.00 bits per heavy atom. The Kier molecular flexibility index (Phi) is 5.22. The zero-order chi connectivity index (χ0) is 13.7. The van der Waals surface area contributed by atoms with Gasteiger partial charge in [0.2, 0.25) is 0 Å². The van der Waals surface area contributed by atoms with Gasteiger partial charge in [-0.15, -0.1) is 0 Å². The van der Waals surface area contributed by atoms with Crippen LogP contribution in [0.4, 0.5) is 8.78 Å². The van der Waals surface area contributed by atoms with Gasteiger partial charge in [-0.3, -0.25) is 4.79 Å². The summed E-state index contributed by atoms with van der Waals surface area (Å²) in [4.78, 5) is 11.2. The SMILES string of the molecule is COC(=O)C(C)CC(O)c1cccc(C(F)F)c1. The van der Waals surface area contributed by atoms with Crippen LogP contribution >= 0.6 is 0 Å². The summed E-state index contributed by atoms with van der Waals surface area (Å²) in [6, 6.07) is 5.56. The van der Waals surface area contributed by atoms with Gasteiger partial charge in [0.05, 0.1) is 19.1 Å². The van der Waals surface area contributed by atoms with Crippen molar-refractivity contribution in [2.75, 3.05) is 7.11 Å². The lowest BCUT2D eigenvalue weighted by atomic mass is 9.97. The number of hydrogen-bond acceptors (Lipinski definition) is 3. The Morgan fingerprint density at radius 1 is 1.39 bits per heavy atom. The summed E-state index contributed by atoms with van der Waals surface area (Å²) >= 11 is 0. The predicted molar refractivity (Wildman–Crippen MR) is 62.2 cm³/mol. The number of rotatable bonds is 5. The van der Waals surface area contributed by atoms with Crippen molar-refractivity contribution in [3.63, 3.8) is 0 Å². The Morgan fingerprint density at radius 3 is 2.56 bits per heavy atom. The van der Waals surface area contributed by atoms with E-state index in [0.717, 1.165) is 0 Å². The van der Waals surface area contributed by atoms with Gasteiger partial charge in [0.15, 0.2) is 0 Å². The first kappa shape index (κ1) is 14.6. The summed E-state index contributed by atoms with van der Waals surface area (Å²) in [5, 5.41) is 9.89. The Hall–Kier alpha value is -1.49. The molecule has 3 nitrogen and oxygen atoms in total. The average molecular weight is 258 g/mol. The summed E-state index contributed by atoms with van der Waals surface area (Å²) in [6.07, 6.45) is -3.40. The number of methoxy groups -OCH3 is 1. The van der Waals surface area contributed by atoms with E-state index in [0.29, 0.717) is 5.56 Å². The van der Waals surface area contributed by atoms with Crippen LogP contribution in [0.25, 0.3) is 0 Å². The Balaban J connectivity index is 2.75. The fourth-order valence-electron chi connectivity index (χ4n) is 1.67. The number of ether oxygens (including phenoxy) is 1. The third-order valence-corrected chi connectivity index (χ3v) is 2.73. The van der Waals surface area contributed by atoms with Gasteiger partial charge in [-0.05, 0) is 18.1 Å². The van der Waals surface area contributed by atoms with E-state index in [2.05, 4.69) is 4.74 Å². The van der Waals surface area contributed by atoms with Crippen LogP contribution in [0.5, 0.6) is 0 Å². The van der Waals surface area contributed by atoms with E-state index < -0.39 is 24.4 Å². The molecule has 0 heterocycles. The summed E-state index contributed by atoms with van der Waals surface area (Å²) in [7, 11) is 1.27. The lowest BCUT2D eigenvalue weighted by molar-refractivity contribution is -0.145. The highest BCUT2D eigenvalue weighted by Gasteiger charge is 2.19. The summed E-state index contributed by atoms with van der Waals surface area (Å²) in [5.74, 6) is -0.917. The molecule has 0 spiro atoms. The molecule has 0 saturated heterocycles. The lowest BCUT2D eigenvalue weighted by Crippen LogP contribution is -2.16. The molecule has 100 valence electrons. The highest BCUT2D eigenvalue weighted by molar-refractivity contribution is 5.71. The van der Waals surface area contributed by atoms with Crippen LogP contribution in [0.2, 0.25) is 0 Å². The minimum atomic E-state index is -2.57. The molecule has 0 aromatic heterocycles. The van der Waals surface area contributed by atoms with Crippen molar-refractivity contribution in [1.82, 2.24) is 0 Å². The molecule has 2 unspecified atom stereocenters. The van der Waals surface area contributed by atoms with Gasteiger partial charge >= 0.3 is 5.97 Å². The van der Waals surface area contributed by atoms with E-state index in [1.54, 1.807) is 13.0 Å². The van der Waals surface area contributed by atoms with Crippen LogP contribution in [-0.4, -0.2) is 18.2 Å². The number of esters is 1. The second kappa shape index (κ2) is 6.44.